The molecule has 1 atom stereocenters. The second-order valence-electron chi connectivity index (χ2n) is 4.08. The normalized spacial score (nSPS) is 12.7. The number of hydrogen-bond acceptors (Lipinski definition) is 2. The van der Waals surface area contributed by atoms with Gasteiger partial charge in [-0.3, -0.25) is 0 Å². The highest BCUT2D eigenvalue weighted by atomic mass is 19.2. The van der Waals surface area contributed by atoms with Crippen molar-refractivity contribution in [1.29, 1.82) is 0 Å². The van der Waals surface area contributed by atoms with Gasteiger partial charge in [-0.1, -0.05) is 19.1 Å². The summed E-state index contributed by atoms with van der Waals surface area (Å²) in [6.07, 6.45) is 1.95. The lowest BCUT2D eigenvalue weighted by Gasteiger charge is -2.12. The van der Waals surface area contributed by atoms with Crippen molar-refractivity contribution in [2.75, 3.05) is 13.2 Å². The van der Waals surface area contributed by atoms with Crippen LogP contribution in [0.2, 0.25) is 0 Å². The SMILES string of the molecule is CCCOCCC(N)Cc1cccc(F)c1F. The van der Waals surface area contributed by atoms with E-state index in [2.05, 4.69) is 0 Å². The van der Waals surface area contributed by atoms with Gasteiger partial charge in [-0.2, -0.15) is 0 Å². The summed E-state index contributed by atoms with van der Waals surface area (Å²) in [6.45, 7) is 3.30. The van der Waals surface area contributed by atoms with E-state index in [1.165, 1.54) is 6.07 Å². The molecule has 1 aromatic carbocycles. The number of halogens is 2. The van der Waals surface area contributed by atoms with E-state index in [9.17, 15) is 8.78 Å². The molecule has 1 rings (SSSR count). The van der Waals surface area contributed by atoms with Crippen molar-refractivity contribution in [3.63, 3.8) is 0 Å². The van der Waals surface area contributed by atoms with Crippen molar-refractivity contribution in [2.45, 2.75) is 32.2 Å². The summed E-state index contributed by atoms with van der Waals surface area (Å²) in [6, 6.07) is 3.96. The molecular weight excluding hydrogens is 224 g/mol. The van der Waals surface area contributed by atoms with Gasteiger partial charge in [-0.05, 0) is 30.9 Å². The maximum atomic E-state index is 13.3. The molecule has 0 amide bonds. The van der Waals surface area contributed by atoms with Crippen LogP contribution < -0.4 is 5.73 Å². The Bertz CT molecular complexity index is 344. The summed E-state index contributed by atoms with van der Waals surface area (Å²) < 4.78 is 31.6. The first-order valence-electron chi connectivity index (χ1n) is 5.91. The second kappa shape index (κ2) is 7.35. The lowest BCUT2D eigenvalue weighted by molar-refractivity contribution is 0.127. The van der Waals surface area contributed by atoms with Gasteiger partial charge >= 0.3 is 0 Å². The van der Waals surface area contributed by atoms with Gasteiger partial charge in [-0.25, -0.2) is 8.78 Å². The zero-order valence-electron chi connectivity index (χ0n) is 10.1. The lowest BCUT2D eigenvalue weighted by Crippen LogP contribution is -2.25. The Kier molecular flexibility index (Phi) is 6.08. The van der Waals surface area contributed by atoms with E-state index in [0.717, 1.165) is 12.5 Å². The first-order valence-corrected chi connectivity index (χ1v) is 5.91. The molecule has 17 heavy (non-hydrogen) atoms. The molecule has 1 aromatic rings. The summed E-state index contributed by atoms with van der Waals surface area (Å²) >= 11 is 0. The molecule has 4 heteroatoms. The van der Waals surface area contributed by atoms with Crippen molar-refractivity contribution in [3.05, 3.63) is 35.4 Å². The molecule has 0 aromatic heterocycles. The third kappa shape index (κ3) is 4.79. The van der Waals surface area contributed by atoms with Crippen LogP contribution >= 0.6 is 0 Å². The van der Waals surface area contributed by atoms with Gasteiger partial charge in [0.15, 0.2) is 11.6 Å². The van der Waals surface area contributed by atoms with Crippen molar-refractivity contribution < 1.29 is 13.5 Å². The molecule has 0 aliphatic heterocycles. The fraction of sp³-hybridized carbons (Fsp3) is 0.538. The van der Waals surface area contributed by atoms with Gasteiger partial charge in [0.1, 0.15) is 0 Å². The Morgan fingerprint density at radius 1 is 1.29 bits per heavy atom. The maximum absolute atomic E-state index is 13.3. The number of ether oxygens (including phenoxy) is 1. The van der Waals surface area contributed by atoms with E-state index in [1.807, 2.05) is 6.92 Å². The summed E-state index contributed by atoms with van der Waals surface area (Å²) in [7, 11) is 0. The molecule has 0 radical (unpaired) electrons. The minimum atomic E-state index is -0.822. The smallest absolute Gasteiger partial charge is 0.162 e. The molecular formula is C13H19F2NO. The van der Waals surface area contributed by atoms with Crippen LogP contribution in [0.3, 0.4) is 0 Å². The van der Waals surface area contributed by atoms with Gasteiger partial charge in [0, 0.05) is 19.3 Å². The van der Waals surface area contributed by atoms with Crippen LogP contribution in [0.15, 0.2) is 18.2 Å². The summed E-state index contributed by atoms with van der Waals surface area (Å²) in [5.41, 5.74) is 6.16. The lowest BCUT2D eigenvalue weighted by atomic mass is 10.0. The average molecular weight is 243 g/mol. The summed E-state index contributed by atoms with van der Waals surface area (Å²) in [4.78, 5) is 0. The van der Waals surface area contributed by atoms with Gasteiger partial charge in [0.2, 0.25) is 0 Å². The van der Waals surface area contributed by atoms with E-state index in [-0.39, 0.29) is 6.04 Å². The molecule has 0 aliphatic rings. The predicted octanol–water partition coefficient (Wildman–Crippen LogP) is 2.65. The highest BCUT2D eigenvalue weighted by molar-refractivity contribution is 5.19. The zero-order valence-corrected chi connectivity index (χ0v) is 10.1. The topological polar surface area (TPSA) is 35.2 Å². The first kappa shape index (κ1) is 14.1. The highest BCUT2D eigenvalue weighted by Crippen LogP contribution is 2.13. The van der Waals surface area contributed by atoms with E-state index >= 15 is 0 Å². The predicted molar refractivity (Wildman–Crippen MR) is 63.8 cm³/mol. The highest BCUT2D eigenvalue weighted by Gasteiger charge is 2.11. The van der Waals surface area contributed by atoms with Crippen molar-refractivity contribution in [3.8, 4) is 0 Å². The standard InChI is InChI=1S/C13H19F2NO/c1-2-7-17-8-6-11(16)9-10-4-3-5-12(14)13(10)15/h3-5,11H,2,6-9,16H2,1H3. The van der Waals surface area contributed by atoms with Crippen LogP contribution in [0.1, 0.15) is 25.3 Å². The van der Waals surface area contributed by atoms with Crippen molar-refractivity contribution >= 4 is 0 Å². The molecule has 96 valence electrons. The van der Waals surface area contributed by atoms with Gasteiger partial charge in [-0.15, -0.1) is 0 Å². The van der Waals surface area contributed by atoms with Crippen molar-refractivity contribution in [2.24, 2.45) is 5.73 Å². The molecule has 0 saturated heterocycles. The largest absolute Gasteiger partial charge is 0.381 e. The van der Waals surface area contributed by atoms with Crippen LogP contribution in [0, 0.1) is 11.6 Å². The minimum absolute atomic E-state index is 0.205. The molecule has 0 fully saturated rings. The molecule has 0 bridgehead atoms. The Labute approximate surface area is 101 Å². The first-order chi connectivity index (χ1) is 8.15. The Morgan fingerprint density at radius 3 is 2.76 bits per heavy atom. The molecule has 0 aliphatic carbocycles. The van der Waals surface area contributed by atoms with Gasteiger partial charge in [0.05, 0.1) is 0 Å². The zero-order chi connectivity index (χ0) is 12.7. The molecule has 0 spiro atoms. The number of benzene rings is 1. The van der Waals surface area contributed by atoms with E-state index in [0.29, 0.717) is 31.6 Å². The molecule has 1 unspecified atom stereocenters. The van der Waals surface area contributed by atoms with Crippen LogP contribution in [0.4, 0.5) is 8.78 Å². The van der Waals surface area contributed by atoms with Crippen LogP contribution in [0.25, 0.3) is 0 Å². The maximum Gasteiger partial charge on any atom is 0.162 e. The van der Waals surface area contributed by atoms with E-state index in [1.54, 1.807) is 6.07 Å². The number of rotatable bonds is 7. The minimum Gasteiger partial charge on any atom is -0.381 e. The summed E-state index contributed by atoms with van der Waals surface area (Å²) in [5.74, 6) is -1.62. The van der Waals surface area contributed by atoms with Crippen LogP contribution in [0.5, 0.6) is 0 Å². The van der Waals surface area contributed by atoms with E-state index < -0.39 is 11.6 Å². The quantitative estimate of drug-likeness (QED) is 0.747. The second-order valence-corrected chi connectivity index (χ2v) is 4.08. The molecule has 0 saturated carbocycles. The van der Waals surface area contributed by atoms with Crippen molar-refractivity contribution in [1.82, 2.24) is 0 Å². The van der Waals surface area contributed by atoms with E-state index in [4.69, 9.17) is 10.5 Å². The van der Waals surface area contributed by atoms with Gasteiger partial charge in [0.25, 0.3) is 0 Å². The average Bonchev–Trinajstić information content (AvgIpc) is 2.31. The monoisotopic (exact) mass is 243 g/mol. The Balaban J connectivity index is 2.39. The van der Waals surface area contributed by atoms with Crippen LogP contribution in [-0.2, 0) is 11.2 Å². The number of nitrogens with two attached hydrogens (primary N) is 1. The van der Waals surface area contributed by atoms with Gasteiger partial charge < -0.3 is 10.5 Å². The number of hydrogen-bond donors (Lipinski definition) is 1. The van der Waals surface area contributed by atoms with Crippen LogP contribution in [-0.4, -0.2) is 19.3 Å². The third-order valence-electron chi connectivity index (χ3n) is 2.50. The fourth-order valence-electron chi connectivity index (χ4n) is 1.57. The Hall–Kier alpha value is -1.00. The third-order valence-corrected chi connectivity index (χ3v) is 2.50. The fourth-order valence-corrected chi connectivity index (χ4v) is 1.57. The summed E-state index contributed by atoms with van der Waals surface area (Å²) in [5, 5.41) is 0. The molecule has 2 nitrogen and oxygen atoms in total. The Morgan fingerprint density at radius 2 is 2.06 bits per heavy atom. The molecule has 0 heterocycles. The molecule has 2 N–H and O–H groups in total.